The number of aromatic nitrogens is 2. The third-order valence-electron chi connectivity index (χ3n) is 2.77. The Morgan fingerprint density at radius 1 is 1.53 bits per heavy atom. The van der Waals surface area contributed by atoms with Gasteiger partial charge in [-0.25, -0.2) is 9.97 Å². The van der Waals surface area contributed by atoms with Crippen molar-refractivity contribution in [3.8, 4) is 5.88 Å². The summed E-state index contributed by atoms with van der Waals surface area (Å²) in [5.74, 6) is 1.48. The Labute approximate surface area is 90.1 Å². The summed E-state index contributed by atoms with van der Waals surface area (Å²) in [5.41, 5.74) is 0.400. The van der Waals surface area contributed by atoms with Crippen molar-refractivity contribution in [1.82, 2.24) is 9.97 Å². The molecular formula is C11H17N3O. The fraction of sp³-hybridized carbons (Fsp3) is 0.636. The zero-order valence-corrected chi connectivity index (χ0v) is 9.45. The van der Waals surface area contributed by atoms with E-state index in [2.05, 4.69) is 29.1 Å². The van der Waals surface area contributed by atoms with E-state index >= 15 is 0 Å². The number of rotatable bonds is 4. The van der Waals surface area contributed by atoms with Gasteiger partial charge in [0.15, 0.2) is 0 Å². The van der Waals surface area contributed by atoms with Gasteiger partial charge in [-0.1, -0.05) is 13.8 Å². The van der Waals surface area contributed by atoms with Crippen molar-refractivity contribution in [1.29, 1.82) is 0 Å². The first-order chi connectivity index (χ1) is 7.12. The van der Waals surface area contributed by atoms with Crippen molar-refractivity contribution in [2.75, 3.05) is 11.9 Å². The number of hydrogen-bond donors (Lipinski definition) is 1. The number of anilines is 1. The molecule has 1 aliphatic rings. The van der Waals surface area contributed by atoms with Crippen LogP contribution in [-0.4, -0.2) is 22.6 Å². The highest BCUT2D eigenvalue weighted by Gasteiger charge is 2.45. The summed E-state index contributed by atoms with van der Waals surface area (Å²) in [4.78, 5) is 8.18. The predicted molar refractivity (Wildman–Crippen MR) is 59.0 cm³/mol. The van der Waals surface area contributed by atoms with E-state index in [1.54, 1.807) is 0 Å². The molecule has 1 aliphatic carbocycles. The van der Waals surface area contributed by atoms with E-state index in [1.807, 2.05) is 13.0 Å². The predicted octanol–water partition coefficient (Wildman–Crippen LogP) is 2.09. The van der Waals surface area contributed by atoms with E-state index in [0.29, 0.717) is 23.9 Å². The third kappa shape index (κ3) is 2.37. The fourth-order valence-corrected chi connectivity index (χ4v) is 1.54. The van der Waals surface area contributed by atoms with Gasteiger partial charge in [0, 0.05) is 12.1 Å². The van der Waals surface area contributed by atoms with Gasteiger partial charge in [-0.05, 0) is 18.8 Å². The molecule has 4 heteroatoms. The van der Waals surface area contributed by atoms with Crippen molar-refractivity contribution in [2.45, 2.75) is 33.2 Å². The van der Waals surface area contributed by atoms with Crippen LogP contribution >= 0.6 is 0 Å². The number of ether oxygens (including phenoxy) is 1. The van der Waals surface area contributed by atoms with Gasteiger partial charge in [0.2, 0.25) is 5.88 Å². The van der Waals surface area contributed by atoms with Gasteiger partial charge >= 0.3 is 0 Å². The molecule has 0 aliphatic heterocycles. The van der Waals surface area contributed by atoms with Gasteiger partial charge in [0.25, 0.3) is 0 Å². The minimum absolute atomic E-state index is 0.400. The normalized spacial score (nSPS) is 22.2. The van der Waals surface area contributed by atoms with E-state index in [9.17, 15) is 0 Å². The maximum Gasteiger partial charge on any atom is 0.218 e. The van der Waals surface area contributed by atoms with E-state index in [4.69, 9.17) is 4.74 Å². The molecule has 82 valence electrons. The van der Waals surface area contributed by atoms with Gasteiger partial charge in [0.05, 0.1) is 6.61 Å². The smallest absolute Gasteiger partial charge is 0.218 e. The lowest BCUT2D eigenvalue weighted by molar-refractivity contribution is 0.326. The summed E-state index contributed by atoms with van der Waals surface area (Å²) in [6.07, 6.45) is 2.73. The zero-order chi connectivity index (χ0) is 10.9. The quantitative estimate of drug-likeness (QED) is 0.821. The van der Waals surface area contributed by atoms with Crippen LogP contribution in [0.2, 0.25) is 0 Å². The van der Waals surface area contributed by atoms with Crippen LogP contribution in [0.3, 0.4) is 0 Å². The molecule has 0 aromatic carbocycles. The lowest BCUT2D eigenvalue weighted by atomic mass is 10.2. The maximum absolute atomic E-state index is 5.31. The van der Waals surface area contributed by atoms with Crippen LogP contribution in [0.1, 0.15) is 27.2 Å². The summed E-state index contributed by atoms with van der Waals surface area (Å²) < 4.78 is 5.31. The van der Waals surface area contributed by atoms with Gasteiger partial charge in [-0.15, -0.1) is 0 Å². The topological polar surface area (TPSA) is 47.0 Å². The average molecular weight is 207 g/mol. The van der Waals surface area contributed by atoms with Crippen molar-refractivity contribution >= 4 is 5.82 Å². The summed E-state index contributed by atoms with van der Waals surface area (Å²) in [7, 11) is 0. The van der Waals surface area contributed by atoms with Crippen LogP contribution in [-0.2, 0) is 0 Å². The lowest BCUT2D eigenvalue weighted by Crippen LogP contribution is -2.10. The summed E-state index contributed by atoms with van der Waals surface area (Å²) in [5, 5.41) is 3.37. The summed E-state index contributed by atoms with van der Waals surface area (Å²) in [6, 6.07) is 2.37. The highest BCUT2D eigenvalue weighted by Crippen LogP contribution is 2.46. The molecule has 0 amide bonds. The minimum atomic E-state index is 0.400. The molecule has 0 bridgehead atoms. The first-order valence-electron chi connectivity index (χ1n) is 5.33. The number of nitrogens with zero attached hydrogens (tertiary/aromatic N) is 2. The maximum atomic E-state index is 5.31. The Bertz CT molecular complexity index is 351. The summed E-state index contributed by atoms with van der Waals surface area (Å²) >= 11 is 0. The molecule has 4 nitrogen and oxygen atoms in total. The highest BCUT2D eigenvalue weighted by atomic mass is 16.5. The van der Waals surface area contributed by atoms with Crippen molar-refractivity contribution < 1.29 is 4.74 Å². The second-order valence-electron chi connectivity index (χ2n) is 4.56. The number of hydrogen-bond acceptors (Lipinski definition) is 4. The second kappa shape index (κ2) is 3.68. The van der Waals surface area contributed by atoms with Crippen LogP contribution in [0, 0.1) is 5.41 Å². The highest BCUT2D eigenvalue weighted by molar-refractivity contribution is 5.40. The third-order valence-corrected chi connectivity index (χ3v) is 2.77. The van der Waals surface area contributed by atoms with Gasteiger partial charge in [-0.2, -0.15) is 0 Å². The standard InChI is InChI=1S/C11H17N3O/c1-4-15-10-5-9(12-7-13-10)14-8-6-11(8,2)3/h5,7-8H,4,6H2,1-3H3,(H,12,13,14). The molecule has 1 saturated carbocycles. The zero-order valence-electron chi connectivity index (χ0n) is 9.45. The van der Waals surface area contributed by atoms with Gasteiger partial charge < -0.3 is 10.1 Å². The van der Waals surface area contributed by atoms with E-state index in [-0.39, 0.29) is 0 Å². The largest absolute Gasteiger partial charge is 0.478 e. The molecule has 0 radical (unpaired) electrons. The van der Waals surface area contributed by atoms with Crippen LogP contribution in [0.15, 0.2) is 12.4 Å². The van der Waals surface area contributed by atoms with E-state index in [0.717, 1.165) is 5.82 Å². The second-order valence-corrected chi connectivity index (χ2v) is 4.56. The van der Waals surface area contributed by atoms with Crippen LogP contribution in [0.25, 0.3) is 0 Å². The Morgan fingerprint density at radius 2 is 2.27 bits per heavy atom. The minimum Gasteiger partial charge on any atom is -0.478 e. The molecule has 0 saturated heterocycles. The summed E-state index contributed by atoms with van der Waals surface area (Å²) in [6.45, 7) is 7.06. The molecule has 1 unspecified atom stereocenters. The first kappa shape index (κ1) is 10.2. The van der Waals surface area contributed by atoms with Gasteiger partial charge in [0.1, 0.15) is 12.1 Å². The Morgan fingerprint density at radius 3 is 2.87 bits per heavy atom. The lowest BCUT2D eigenvalue weighted by Gasteiger charge is -2.08. The SMILES string of the molecule is CCOc1cc(NC2CC2(C)C)ncn1. The van der Waals surface area contributed by atoms with Crippen molar-refractivity contribution in [3.63, 3.8) is 0 Å². The molecular weight excluding hydrogens is 190 g/mol. The average Bonchev–Trinajstić information content (AvgIpc) is 2.74. The van der Waals surface area contributed by atoms with Crippen LogP contribution < -0.4 is 10.1 Å². The van der Waals surface area contributed by atoms with Crippen molar-refractivity contribution in [3.05, 3.63) is 12.4 Å². The molecule has 0 spiro atoms. The van der Waals surface area contributed by atoms with E-state index in [1.165, 1.54) is 12.7 Å². The molecule has 1 aromatic rings. The molecule has 15 heavy (non-hydrogen) atoms. The number of nitrogens with one attached hydrogen (secondary N) is 1. The van der Waals surface area contributed by atoms with Crippen LogP contribution in [0.4, 0.5) is 5.82 Å². The monoisotopic (exact) mass is 207 g/mol. The Balaban J connectivity index is 2.00. The molecule has 1 heterocycles. The Hall–Kier alpha value is -1.32. The molecule has 1 fully saturated rings. The first-order valence-corrected chi connectivity index (χ1v) is 5.33. The van der Waals surface area contributed by atoms with Crippen LogP contribution in [0.5, 0.6) is 5.88 Å². The molecule has 1 atom stereocenters. The molecule has 1 N–H and O–H groups in total. The van der Waals surface area contributed by atoms with Gasteiger partial charge in [-0.3, -0.25) is 0 Å². The Kier molecular flexibility index (Phi) is 2.50. The molecule has 1 aromatic heterocycles. The van der Waals surface area contributed by atoms with Crippen molar-refractivity contribution in [2.24, 2.45) is 5.41 Å². The molecule has 2 rings (SSSR count). The van der Waals surface area contributed by atoms with E-state index < -0.39 is 0 Å². The fourth-order valence-electron chi connectivity index (χ4n) is 1.54.